The highest BCUT2D eigenvalue weighted by atomic mass is 32.1. The molecule has 2 aromatic heterocycles. The van der Waals surface area contributed by atoms with Gasteiger partial charge in [0.25, 0.3) is 6.71 Å². The fourth-order valence-electron chi connectivity index (χ4n) is 14.5. The molecule has 12 aromatic carbocycles. The van der Waals surface area contributed by atoms with E-state index < -0.39 is 0 Å². The predicted molar refractivity (Wildman–Crippen MR) is 391 cm³/mol. The summed E-state index contributed by atoms with van der Waals surface area (Å²) in [4.78, 5) is 5.40. The molecule has 4 heterocycles. The molecule has 2 nitrogen and oxygen atoms in total. The smallest absolute Gasteiger partial charge is 0.277 e. The minimum atomic E-state index is -0.0638. The Morgan fingerprint density at radius 3 is 1.22 bits per heavy atom. The van der Waals surface area contributed by atoms with Gasteiger partial charge in [-0.1, -0.05) is 241 Å². The van der Waals surface area contributed by atoms with Crippen LogP contribution in [0.5, 0.6) is 0 Å². The van der Waals surface area contributed by atoms with E-state index >= 15 is 0 Å². The number of fused-ring (bicyclic) bond motifs is 8. The molecule has 0 N–H and O–H groups in total. The highest BCUT2D eigenvalue weighted by Crippen LogP contribution is 2.55. The Morgan fingerprint density at radius 2 is 0.719 bits per heavy atom. The van der Waals surface area contributed by atoms with Gasteiger partial charge in [0, 0.05) is 52.2 Å². The van der Waals surface area contributed by atoms with E-state index in [1.165, 1.54) is 157 Å². The maximum Gasteiger partial charge on any atom is 0.277 e. The van der Waals surface area contributed by atoms with Gasteiger partial charge in [0.2, 0.25) is 0 Å². The standard InChI is InChI=1S/C84H73BN2S2/c1-81(2,3)58-36-38-72-66(47-58)77-79(88-72)85-76-70(86(77)68-32-21-19-30-62(68)50-24-15-13-16-25-50)45-56(46-71(76)87(69-33-22-20-31-63(69)51-26-17-14-18-27-51)78-67-48-59(82(4,5)6)37-39-73(67)89-80(78)85)52-28-23-29-53(40-52)64-44-57-43-60(83(7,8)9)41-54-34-35-55-42-61(84(10,11)12)49-65(64)75(55)74(54)57/h13-49H,1-12H3. The van der Waals surface area contributed by atoms with Crippen molar-refractivity contribution in [2.24, 2.45) is 0 Å². The summed E-state index contributed by atoms with van der Waals surface area (Å²) in [6.07, 6.45) is 0. The first-order valence-electron chi connectivity index (χ1n) is 31.7. The van der Waals surface area contributed by atoms with Crippen molar-refractivity contribution in [3.8, 4) is 44.5 Å². The SMILES string of the molecule is CC(C)(C)c1cc2ccc3cc(C(C)(C)C)cc4c(-c5cccc(-c6cc7c8c(c6)N(c6ccccc6-c6ccccc6)c6c(sc9ccc(C(C)(C)C)cc69)B8c6sc8ccc(C(C)(C)C)cc8c6N7c6ccccc6-c6ccccc6)c5)cc(c1)c2c34. The third kappa shape index (κ3) is 8.92. The molecule has 0 atom stereocenters. The fourth-order valence-corrected chi connectivity index (χ4v) is 17.2. The molecule has 0 aliphatic carbocycles. The number of benzene rings is 12. The van der Waals surface area contributed by atoms with E-state index in [2.05, 4.69) is 317 Å². The molecule has 0 unspecified atom stereocenters. The Morgan fingerprint density at radius 1 is 0.292 bits per heavy atom. The lowest BCUT2D eigenvalue weighted by Gasteiger charge is -2.43. The summed E-state index contributed by atoms with van der Waals surface area (Å²) in [5.74, 6) is 0. The number of hydrogen-bond donors (Lipinski definition) is 0. The van der Waals surface area contributed by atoms with Crippen molar-refractivity contribution in [1.29, 1.82) is 0 Å². The Hall–Kier alpha value is -8.74. The van der Waals surface area contributed by atoms with Crippen LogP contribution in [-0.4, -0.2) is 6.71 Å². The number of para-hydroxylation sites is 2. The van der Waals surface area contributed by atoms with Crippen LogP contribution in [0.2, 0.25) is 0 Å². The maximum absolute atomic E-state index is 2.70. The molecular formula is C84H73BN2S2. The first-order chi connectivity index (χ1) is 42.7. The third-order valence-electron chi connectivity index (χ3n) is 19.3. The van der Waals surface area contributed by atoms with E-state index in [0.29, 0.717) is 0 Å². The van der Waals surface area contributed by atoms with E-state index in [4.69, 9.17) is 0 Å². The van der Waals surface area contributed by atoms with Crippen molar-refractivity contribution >= 4 is 131 Å². The predicted octanol–water partition coefficient (Wildman–Crippen LogP) is 23.0. The van der Waals surface area contributed by atoms with Crippen LogP contribution in [0.4, 0.5) is 34.1 Å². The minimum absolute atomic E-state index is 0.0173. The van der Waals surface area contributed by atoms with Gasteiger partial charge in [0.05, 0.1) is 22.7 Å². The Bertz CT molecular complexity index is 4980. The number of anilines is 6. The van der Waals surface area contributed by atoms with Gasteiger partial charge in [-0.15, -0.1) is 22.7 Å². The van der Waals surface area contributed by atoms with Gasteiger partial charge in [-0.05, 0) is 182 Å². The van der Waals surface area contributed by atoms with Crippen LogP contribution in [-0.2, 0) is 21.7 Å². The van der Waals surface area contributed by atoms with Gasteiger partial charge in [0.15, 0.2) is 0 Å². The lowest BCUT2D eigenvalue weighted by Crippen LogP contribution is -2.59. The topological polar surface area (TPSA) is 6.48 Å². The van der Waals surface area contributed by atoms with Crippen LogP contribution >= 0.6 is 22.7 Å². The number of nitrogens with zero attached hydrogens (tertiary/aromatic N) is 2. The summed E-state index contributed by atoms with van der Waals surface area (Å²) in [6, 6.07) is 86.9. The Kier molecular flexibility index (Phi) is 12.4. The zero-order valence-electron chi connectivity index (χ0n) is 53.2. The highest BCUT2D eigenvalue weighted by molar-refractivity contribution is 7.40. The molecule has 89 heavy (non-hydrogen) atoms. The van der Waals surface area contributed by atoms with Gasteiger partial charge < -0.3 is 9.80 Å². The second kappa shape index (κ2) is 19.9. The molecule has 0 bridgehead atoms. The van der Waals surface area contributed by atoms with Gasteiger partial charge in [-0.25, -0.2) is 0 Å². The van der Waals surface area contributed by atoms with Gasteiger partial charge >= 0.3 is 0 Å². The molecule has 0 saturated heterocycles. The van der Waals surface area contributed by atoms with Crippen LogP contribution in [0.25, 0.3) is 97.0 Å². The minimum Gasteiger partial charge on any atom is -0.309 e. The number of rotatable bonds is 6. The number of hydrogen-bond acceptors (Lipinski definition) is 4. The van der Waals surface area contributed by atoms with Crippen LogP contribution in [0.15, 0.2) is 224 Å². The van der Waals surface area contributed by atoms with Crippen molar-refractivity contribution in [2.45, 2.75) is 105 Å². The van der Waals surface area contributed by atoms with Crippen LogP contribution in [0, 0.1) is 0 Å². The highest BCUT2D eigenvalue weighted by Gasteiger charge is 2.48. The second-order valence-electron chi connectivity index (χ2n) is 29.3. The number of thiophene rings is 2. The maximum atomic E-state index is 2.70. The van der Waals surface area contributed by atoms with Crippen LogP contribution in [0.3, 0.4) is 0 Å². The average Bonchev–Trinajstić information content (AvgIpc) is 1.64. The van der Waals surface area contributed by atoms with Crippen LogP contribution in [0.1, 0.15) is 105 Å². The fraction of sp³-hybridized carbons (Fsp3) is 0.190. The summed E-state index contributed by atoms with van der Waals surface area (Å²) >= 11 is 3.98. The molecular weight excluding hydrogens is 1110 g/mol. The molecule has 0 amide bonds. The largest absolute Gasteiger partial charge is 0.309 e. The molecule has 0 radical (unpaired) electrons. The lowest BCUT2D eigenvalue weighted by atomic mass is 9.39. The summed E-state index contributed by atoms with van der Waals surface area (Å²) < 4.78 is 5.38. The average molecular weight is 1190 g/mol. The summed E-state index contributed by atoms with van der Waals surface area (Å²) in [5, 5.41) is 10.5. The molecule has 2 aliphatic rings. The van der Waals surface area contributed by atoms with Crippen molar-refractivity contribution in [3.05, 3.63) is 247 Å². The van der Waals surface area contributed by atoms with Crippen molar-refractivity contribution in [2.75, 3.05) is 9.80 Å². The van der Waals surface area contributed by atoms with E-state index in [-0.39, 0.29) is 28.4 Å². The molecule has 14 aromatic rings. The molecule has 16 rings (SSSR count). The van der Waals surface area contributed by atoms with E-state index in [9.17, 15) is 0 Å². The zero-order valence-corrected chi connectivity index (χ0v) is 54.8. The molecule has 0 fully saturated rings. The molecule has 434 valence electrons. The third-order valence-corrected chi connectivity index (χ3v) is 21.8. The molecule has 2 aliphatic heterocycles. The first-order valence-corrected chi connectivity index (χ1v) is 33.4. The molecule has 0 saturated carbocycles. The van der Waals surface area contributed by atoms with Gasteiger partial charge in [-0.2, -0.15) is 0 Å². The van der Waals surface area contributed by atoms with Crippen LogP contribution < -0.4 is 24.8 Å². The monoisotopic (exact) mass is 1180 g/mol. The van der Waals surface area contributed by atoms with Crippen molar-refractivity contribution in [3.63, 3.8) is 0 Å². The summed E-state index contributed by atoms with van der Waals surface area (Å²) in [5.41, 5.74) is 23.4. The van der Waals surface area contributed by atoms with Crippen molar-refractivity contribution in [1.82, 2.24) is 0 Å². The second-order valence-corrected chi connectivity index (χ2v) is 31.5. The van der Waals surface area contributed by atoms with Crippen molar-refractivity contribution < 1.29 is 0 Å². The molecule has 5 heteroatoms. The lowest BCUT2D eigenvalue weighted by molar-refractivity contribution is 0.591. The quantitative estimate of drug-likeness (QED) is 0.121. The molecule has 0 spiro atoms. The van der Waals surface area contributed by atoms with E-state index in [0.717, 1.165) is 11.4 Å². The van der Waals surface area contributed by atoms with Gasteiger partial charge in [-0.3, -0.25) is 0 Å². The normalized spacial score (nSPS) is 13.6. The van der Waals surface area contributed by atoms with Gasteiger partial charge in [0.1, 0.15) is 0 Å². The Balaban J connectivity index is 1.04. The summed E-state index contributed by atoms with van der Waals surface area (Å²) in [7, 11) is 0. The zero-order chi connectivity index (χ0) is 61.2. The Labute approximate surface area is 533 Å². The summed E-state index contributed by atoms with van der Waals surface area (Å²) in [6.45, 7) is 28.1. The van der Waals surface area contributed by atoms with E-state index in [1.54, 1.807) is 0 Å². The first kappa shape index (κ1) is 55.6. The van der Waals surface area contributed by atoms with E-state index in [1.807, 2.05) is 22.7 Å².